The van der Waals surface area contributed by atoms with Crippen molar-refractivity contribution in [3.63, 3.8) is 0 Å². The van der Waals surface area contributed by atoms with Crippen LogP contribution >= 0.6 is 0 Å². The summed E-state index contributed by atoms with van der Waals surface area (Å²) in [5.74, 6) is 1.77. The molecule has 0 aliphatic carbocycles. The molecule has 5 heteroatoms. The molecule has 1 atom stereocenters. The van der Waals surface area contributed by atoms with Crippen LogP contribution in [0.2, 0.25) is 0 Å². The standard InChI is InChI=1S/C21H26N2O3/c1-3-25-18-10-6-7-11-19(18)26-17-9-5-4-8-16(17)20(24)23-13-12-21(2,14-22)15-23/h4-11H,3,12-15,22H2,1-2H3. The molecular formula is C21H26N2O3. The first-order valence-electron chi connectivity index (χ1n) is 9.04. The molecule has 0 radical (unpaired) electrons. The van der Waals surface area contributed by atoms with Crippen molar-refractivity contribution in [1.29, 1.82) is 0 Å². The first kappa shape index (κ1) is 18.3. The number of hydrogen-bond acceptors (Lipinski definition) is 4. The Balaban J connectivity index is 1.84. The van der Waals surface area contributed by atoms with Crippen molar-refractivity contribution in [3.05, 3.63) is 54.1 Å². The van der Waals surface area contributed by atoms with Gasteiger partial charge in [0.2, 0.25) is 0 Å². The molecule has 0 bridgehead atoms. The van der Waals surface area contributed by atoms with Crippen LogP contribution < -0.4 is 15.2 Å². The number of carbonyl (C=O) groups excluding carboxylic acids is 1. The van der Waals surface area contributed by atoms with E-state index in [2.05, 4.69) is 6.92 Å². The van der Waals surface area contributed by atoms with Crippen molar-refractivity contribution < 1.29 is 14.3 Å². The van der Waals surface area contributed by atoms with E-state index in [-0.39, 0.29) is 11.3 Å². The van der Waals surface area contributed by atoms with E-state index >= 15 is 0 Å². The number of carbonyl (C=O) groups is 1. The molecule has 0 aromatic heterocycles. The fourth-order valence-corrected chi connectivity index (χ4v) is 3.19. The Bertz CT molecular complexity index is 777. The molecule has 1 unspecified atom stereocenters. The van der Waals surface area contributed by atoms with Gasteiger partial charge < -0.3 is 20.1 Å². The number of likely N-dealkylation sites (tertiary alicyclic amines) is 1. The predicted octanol–water partition coefficient (Wildman–Crippen LogP) is 3.69. The molecule has 1 amide bonds. The molecule has 138 valence electrons. The van der Waals surface area contributed by atoms with Gasteiger partial charge in [0.25, 0.3) is 5.91 Å². The molecule has 2 N–H and O–H groups in total. The Morgan fingerprint density at radius 1 is 1.12 bits per heavy atom. The zero-order valence-electron chi connectivity index (χ0n) is 15.4. The van der Waals surface area contributed by atoms with Gasteiger partial charge in [-0.1, -0.05) is 31.2 Å². The van der Waals surface area contributed by atoms with Crippen molar-refractivity contribution in [3.8, 4) is 17.2 Å². The smallest absolute Gasteiger partial charge is 0.257 e. The Kier molecular flexibility index (Phi) is 5.47. The third-order valence-corrected chi connectivity index (χ3v) is 4.82. The highest BCUT2D eigenvalue weighted by molar-refractivity contribution is 5.97. The first-order valence-corrected chi connectivity index (χ1v) is 9.04. The van der Waals surface area contributed by atoms with Gasteiger partial charge in [-0.25, -0.2) is 0 Å². The lowest BCUT2D eigenvalue weighted by Gasteiger charge is -2.23. The molecular weight excluding hydrogens is 328 g/mol. The summed E-state index contributed by atoms with van der Waals surface area (Å²) >= 11 is 0. The quantitative estimate of drug-likeness (QED) is 0.859. The lowest BCUT2D eigenvalue weighted by molar-refractivity contribution is 0.0774. The lowest BCUT2D eigenvalue weighted by atomic mass is 9.90. The summed E-state index contributed by atoms with van der Waals surface area (Å²) in [6.45, 7) is 6.57. The molecule has 26 heavy (non-hydrogen) atoms. The van der Waals surface area contributed by atoms with E-state index < -0.39 is 0 Å². The van der Waals surface area contributed by atoms with Crippen LogP contribution in [0.5, 0.6) is 17.2 Å². The third-order valence-electron chi connectivity index (χ3n) is 4.82. The van der Waals surface area contributed by atoms with Gasteiger partial charge in [-0.15, -0.1) is 0 Å². The Morgan fingerprint density at radius 3 is 2.42 bits per heavy atom. The number of amides is 1. The molecule has 0 saturated carbocycles. The maximum absolute atomic E-state index is 13.0. The number of nitrogens with two attached hydrogens (primary N) is 1. The van der Waals surface area contributed by atoms with Gasteiger partial charge in [0.05, 0.1) is 12.2 Å². The van der Waals surface area contributed by atoms with E-state index in [4.69, 9.17) is 15.2 Å². The highest BCUT2D eigenvalue weighted by atomic mass is 16.5. The predicted molar refractivity (Wildman–Crippen MR) is 102 cm³/mol. The summed E-state index contributed by atoms with van der Waals surface area (Å²) < 4.78 is 11.7. The minimum atomic E-state index is -0.0216. The Labute approximate surface area is 154 Å². The van der Waals surface area contributed by atoms with Crippen LogP contribution in [0.3, 0.4) is 0 Å². The molecule has 1 aliphatic heterocycles. The minimum Gasteiger partial charge on any atom is -0.490 e. The second-order valence-electron chi connectivity index (χ2n) is 6.97. The molecule has 1 fully saturated rings. The summed E-state index contributed by atoms with van der Waals surface area (Å²) in [5.41, 5.74) is 6.42. The number of ether oxygens (including phenoxy) is 2. The van der Waals surface area contributed by atoms with Gasteiger partial charge in [0.15, 0.2) is 11.5 Å². The van der Waals surface area contributed by atoms with E-state index in [1.54, 1.807) is 6.07 Å². The maximum Gasteiger partial charge on any atom is 0.257 e. The van der Waals surface area contributed by atoms with Crippen molar-refractivity contribution in [1.82, 2.24) is 4.90 Å². The monoisotopic (exact) mass is 354 g/mol. The number of nitrogens with zero attached hydrogens (tertiary/aromatic N) is 1. The minimum absolute atomic E-state index is 0.00692. The highest BCUT2D eigenvalue weighted by Gasteiger charge is 2.35. The van der Waals surface area contributed by atoms with Gasteiger partial charge in [0.1, 0.15) is 5.75 Å². The van der Waals surface area contributed by atoms with Gasteiger partial charge in [0, 0.05) is 13.1 Å². The largest absolute Gasteiger partial charge is 0.490 e. The van der Waals surface area contributed by atoms with Gasteiger partial charge in [-0.3, -0.25) is 4.79 Å². The fourth-order valence-electron chi connectivity index (χ4n) is 3.19. The van der Waals surface area contributed by atoms with Crippen LogP contribution in [0.1, 0.15) is 30.6 Å². The molecule has 1 heterocycles. The maximum atomic E-state index is 13.0. The van der Waals surface area contributed by atoms with E-state index in [9.17, 15) is 4.79 Å². The topological polar surface area (TPSA) is 64.8 Å². The number of para-hydroxylation sites is 3. The Hall–Kier alpha value is -2.53. The normalized spacial score (nSPS) is 19.4. The van der Waals surface area contributed by atoms with Crippen LogP contribution in [0.25, 0.3) is 0 Å². The molecule has 2 aromatic carbocycles. The SMILES string of the molecule is CCOc1ccccc1Oc1ccccc1C(=O)N1CCC(C)(CN)C1. The molecule has 3 rings (SSSR count). The van der Waals surface area contributed by atoms with Crippen LogP contribution in [-0.4, -0.2) is 37.0 Å². The molecule has 0 spiro atoms. The first-order chi connectivity index (χ1) is 12.6. The summed E-state index contributed by atoms with van der Waals surface area (Å²) in [7, 11) is 0. The molecule has 2 aromatic rings. The zero-order chi connectivity index (χ0) is 18.6. The molecule has 5 nitrogen and oxygen atoms in total. The van der Waals surface area contributed by atoms with Crippen LogP contribution in [0, 0.1) is 5.41 Å². The second-order valence-corrected chi connectivity index (χ2v) is 6.97. The van der Waals surface area contributed by atoms with Gasteiger partial charge in [-0.05, 0) is 49.6 Å². The van der Waals surface area contributed by atoms with E-state index in [1.165, 1.54) is 0 Å². The van der Waals surface area contributed by atoms with Crippen LogP contribution in [0.4, 0.5) is 0 Å². The number of rotatable bonds is 6. The Morgan fingerprint density at radius 2 is 1.77 bits per heavy atom. The zero-order valence-corrected chi connectivity index (χ0v) is 15.4. The van der Waals surface area contributed by atoms with Crippen molar-refractivity contribution >= 4 is 5.91 Å². The lowest BCUT2D eigenvalue weighted by Crippen LogP contribution is -2.34. The highest BCUT2D eigenvalue weighted by Crippen LogP contribution is 2.35. The summed E-state index contributed by atoms with van der Waals surface area (Å²) in [5, 5.41) is 0. The summed E-state index contributed by atoms with van der Waals surface area (Å²) in [4.78, 5) is 14.9. The average Bonchev–Trinajstić information content (AvgIpc) is 3.06. The molecule has 1 saturated heterocycles. The average molecular weight is 354 g/mol. The van der Waals surface area contributed by atoms with E-state index in [1.807, 2.05) is 54.3 Å². The van der Waals surface area contributed by atoms with E-state index in [0.29, 0.717) is 42.5 Å². The van der Waals surface area contributed by atoms with Crippen LogP contribution in [-0.2, 0) is 0 Å². The summed E-state index contributed by atoms with van der Waals surface area (Å²) in [6, 6.07) is 14.8. The van der Waals surface area contributed by atoms with Gasteiger partial charge >= 0.3 is 0 Å². The van der Waals surface area contributed by atoms with Gasteiger partial charge in [-0.2, -0.15) is 0 Å². The van der Waals surface area contributed by atoms with Crippen molar-refractivity contribution in [2.45, 2.75) is 20.3 Å². The number of benzene rings is 2. The van der Waals surface area contributed by atoms with Crippen LogP contribution in [0.15, 0.2) is 48.5 Å². The van der Waals surface area contributed by atoms with E-state index in [0.717, 1.165) is 13.0 Å². The number of hydrogen-bond donors (Lipinski definition) is 1. The van der Waals surface area contributed by atoms with Crippen molar-refractivity contribution in [2.75, 3.05) is 26.2 Å². The third kappa shape index (κ3) is 3.83. The summed E-state index contributed by atoms with van der Waals surface area (Å²) in [6.07, 6.45) is 0.922. The fraction of sp³-hybridized carbons (Fsp3) is 0.381. The molecule has 1 aliphatic rings. The van der Waals surface area contributed by atoms with Crippen molar-refractivity contribution in [2.24, 2.45) is 11.1 Å². The second kappa shape index (κ2) is 7.79.